The van der Waals surface area contributed by atoms with Crippen LogP contribution in [0.5, 0.6) is 11.5 Å². The van der Waals surface area contributed by atoms with E-state index in [1.165, 1.54) is 11.8 Å². The molecule has 4 aromatic rings. The van der Waals surface area contributed by atoms with Crippen molar-refractivity contribution in [2.75, 3.05) is 24.4 Å². The average molecular weight is 459 g/mol. The molecule has 0 saturated heterocycles. The van der Waals surface area contributed by atoms with Crippen molar-refractivity contribution in [3.63, 3.8) is 0 Å². The Morgan fingerprint density at radius 2 is 1.85 bits per heavy atom. The number of amides is 1. The molecule has 3 aromatic carbocycles. The van der Waals surface area contributed by atoms with Crippen LogP contribution >= 0.6 is 11.8 Å². The molecule has 1 aliphatic heterocycles. The summed E-state index contributed by atoms with van der Waals surface area (Å²) in [7, 11) is 1.63. The first-order valence-electron chi connectivity index (χ1n) is 10.5. The zero-order chi connectivity index (χ0) is 22.6. The number of aromatic amines is 1. The second-order valence-electron chi connectivity index (χ2n) is 7.45. The number of rotatable bonds is 6. The number of methoxy groups -OCH3 is 1. The third kappa shape index (κ3) is 4.42. The largest absolute Gasteiger partial charge is 0.497 e. The van der Waals surface area contributed by atoms with Crippen LogP contribution in [0.25, 0.3) is 11.4 Å². The molecule has 1 aliphatic rings. The molecule has 1 atom stereocenters. The molecule has 0 saturated carbocycles. The van der Waals surface area contributed by atoms with Gasteiger partial charge in [0.15, 0.2) is 5.82 Å². The number of hydrogen-bond acceptors (Lipinski definition) is 6. The molecule has 2 heterocycles. The zero-order valence-electron chi connectivity index (χ0n) is 18.0. The molecule has 0 spiro atoms. The minimum absolute atomic E-state index is 0.0274. The van der Waals surface area contributed by atoms with E-state index in [0.717, 1.165) is 22.6 Å². The lowest BCUT2D eigenvalue weighted by Gasteiger charge is -2.37. The maximum atomic E-state index is 13.4. The molecule has 0 fully saturated rings. The average Bonchev–Trinajstić information content (AvgIpc) is 3.36. The van der Waals surface area contributed by atoms with Gasteiger partial charge in [0, 0.05) is 5.56 Å². The van der Waals surface area contributed by atoms with E-state index in [1.54, 1.807) is 7.11 Å². The van der Waals surface area contributed by atoms with Gasteiger partial charge in [0.1, 0.15) is 18.1 Å². The maximum absolute atomic E-state index is 13.4. The van der Waals surface area contributed by atoms with Crippen molar-refractivity contribution in [1.82, 2.24) is 15.2 Å². The number of thioether (sulfide) groups is 1. The number of para-hydroxylation sites is 2. The fourth-order valence-electron chi connectivity index (χ4n) is 3.80. The van der Waals surface area contributed by atoms with Crippen molar-refractivity contribution in [2.24, 2.45) is 0 Å². The molecule has 0 aliphatic carbocycles. The van der Waals surface area contributed by atoms with Gasteiger partial charge in [-0.05, 0) is 42.0 Å². The van der Waals surface area contributed by atoms with Gasteiger partial charge in [-0.2, -0.15) is 0 Å². The van der Waals surface area contributed by atoms with E-state index in [4.69, 9.17) is 9.47 Å². The summed E-state index contributed by atoms with van der Waals surface area (Å²) in [5.41, 5.74) is 2.70. The first-order valence-corrected chi connectivity index (χ1v) is 11.5. The summed E-state index contributed by atoms with van der Waals surface area (Å²) in [5.74, 6) is 2.31. The summed E-state index contributed by atoms with van der Waals surface area (Å²) in [4.78, 5) is 19.8. The van der Waals surface area contributed by atoms with Gasteiger partial charge in [-0.3, -0.25) is 14.8 Å². The molecular weight excluding hydrogens is 436 g/mol. The maximum Gasteiger partial charge on any atom is 0.238 e. The Morgan fingerprint density at radius 3 is 2.64 bits per heavy atom. The highest BCUT2D eigenvalue weighted by molar-refractivity contribution is 7.99. The fourth-order valence-corrected chi connectivity index (χ4v) is 4.46. The highest BCUT2D eigenvalue weighted by atomic mass is 32.2. The highest BCUT2D eigenvalue weighted by Gasteiger charge is 2.33. The monoisotopic (exact) mass is 458 g/mol. The van der Waals surface area contributed by atoms with Crippen LogP contribution in [0.15, 0.2) is 84.0 Å². The van der Waals surface area contributed by atoms with E-state index >= 15 is 0 Å². The van der Waals surface area contributed by atoms with Gasteiger partial charge in [-0.25, -0.2) is 4.98 Å². The summed E-state index contributed by atoms with van der Waals surface area (Å²) in [6.07, 6.45) is 0. The predicted molar refractivity (Wildman–Crippen MR) is 128 cm³/mol. The van der Waals surface area contributed by atoms with Crippen molar-refractivity contribution < 1.29 is 14.3 Å². The molecule has 1 N–H and O–H groups in total. The molecule has 5 rings (SSSR count). The summed E-state index contributed by atoms with van der Waals surface area (Å²) in [6.45, 7) is 0.402. The Labute approximate surface area is 195 Å². The summed E-state index contributed by atoms with van der Waals surface area (Å²) in [5, 5.41) is 7.74. The minimum Gasteiger partial charge on any atom is -0.497 e. The van der Waals surface area contributed by atoms with Crippen molar-refractivity contribution in [3.05, 3.63) is 84.4 Å². The van der Waals surface area contributed by atoms with Gasteiger partial charge >= 0.3 is 0 Å². The lowest BCUT2D eigenvalue weighted by molar-refractivity contribution is -0.117. The summed E-state index contributed by atoms with van der Waals surface area (Å²) in [6, 6.07) is 24.9. The van der Waals surface area contributed by atoms with E-state index in [0.29, 0.717) is 23.3 Å². The Kier molecular flexibility index (Phi) is 5.99. The fraction of sp³-hybridized carbons (Fsp3) is 0.160. The van der Waals surface area contributed by atoms with Gasteiger partial charge in [0.05, 0.1) is 24.6 Å². The third-order valence-electron chi connectivity index (χ3n) is 5.44. The smallest absolute Gasteiger partial charge is 0.238 e. The van der Waals surface area contributed by atoms with Crippen LogP contribution in [0.1, 0.15) is 11.6 Å². The molecule has 166 valence electrons. The van der Waals surface area contributed by atoms with E-state index in [-0.39, 0.29) is 17.7 Å². The molecule has 1 amide bonds. The van der Waals surface area contributed by atoms with Crippen molar-refractivity contribution in [1.29, 1.82) is 0 Å². The Bertz CT molecular complexity index is 1240. The number of aromatic nitrogens is 3. The number of hydrogen-bond donors (Lipinski definition) is 1. The van der Waals surface area contributed by atoms with E-state index in [2.05, 4.69) is 15.2 Å². The van der Waals surface area contributed by atoms with Crippen LogP contribution in [0.3, 0.4) is 0 Å². The van der Waals surface area contributed by atoms with Crippen LogP contribution in [-0.2, 0) is 4.79 Å². The Balaban J connectivity index is 1.34. The normalized spacial score (nSPS) is 14.9. The highest BCUT2D eigenvalue weighted by Crippen LogP contribution is 2.39. The molecule has 8 heteroatoms. The van der Waals surface area contributed by atoms with Gasteiger partial charge in [-0.1, -0.05) is 54.2 Å². The summed E-state index contributed by atoms with van der Waals surface area (Å²) >= 11 is 1.31. The van der Waals surface area contributed by atoms with Crippen LogP contribution in [0.4, 0.5) is 5.69 Å². The van der Waals surface area contributed by atoms with Crippen molar-refractivity contribution >= 4 is 23.4 Å². The number of H-pyrrole nitrogens is 1. The van der Waals surface area contributed by atoms with Crippen molar-refractivity contribution in [3.8, 4) is 22.9 Å². The molecule has 0 radical (unpaired) electrons. The number of nitrogens with zero attached hydrogens (tertiary/aromatic N) is 3. The predicted octanol–water partition coefficient (Wildman–Crippen LogP) is 4.74. The van der Waals surface area contributed by atoms with Crippen LogP contribution in [0, 0.1) is 0 Å². The zero-order valence-corrected chi connectivity index (χ0v) is 18.8. The number of carbonyl (C=O) groups excluding carboxylic acids is 1. The third-order valence-corrected chi connectivity index (χ3v) is 6.27. The SMILES string of the molecule is COc1ccc(-c2nc(SCC(=O)N3c4ccccc4OCC3c3ccccc3)n[nH]2)cc1. The lowest BCUT2D eigenvalue weighted by Crippen LogP contribution is -2.42. The first kappa shape index (κ1) is 21.1. The van der Waals surface area contributed by atoms with E-state index in [1.807, 2.05) is 83.8 Å². The van der Waals surface area contributed by atoms with Crippen LogP contribution in [0.2, 0.25) is 0 Å². The molecule has 1 unspecified atom stereocenters. The number of ether oxygens (including phenoxy) is 2. The molecule has 1 aromatic heterocycles. The number of fused-ring (bicyclic) bond motifs is 1. The Morgan fingerprint density at radius 1 is 1.09 bits per heavy atom. The molecule has 7 nitrogen and oxygen atoms in total. The van der Waals surface area contributed by atoms with Gasteiger partial charge in [-0.15, -0.1) is 5.10 Å². The lowest BCUT2D eigenvalue weighted by atomic mass is 10.0. The van der Waals surface area contributed by atoms with E-state index in [9.17, 15) is 4.79 Å². The van der Waals surface area contributed by atoms with Crippen molar-refractivity contribution in [2.45, 2.75) is 11.2 Å². The first-order chi connectivity index (χ1) is 16.2. The quantitative estimate of drug-likeness (QED) is 0.421. The number of nitrogens with one attached hydrogen (secondary N) is 1. The van der Waals surface area contributed by atoms with Gasteiger partial charge in [0.25, 0.3) is 0 Å². The topological polar surface area (TPSA) is 80.3 Å². The second kappa shape index (κ2) is 9.38. The molecular formula is C25H22N4O3S. The Hall–Kier alpha value is -3.78. The van der Waals surface area contributed by atoms with Crippen LogP contribution < -0.4 is 14.4 Å². The van der Waals surface area contributed by atoms with Gasteiger partial charge in [0.2, 0.25) is 11.1 Å². The van der Waals surface area contributed by atoms with Crippen LogP contribution in [-0.4, -0.2) is 40.6 Å². The standard InChI is InChI=1S/C25H22N4O3S/c1-31-19-13-11-18(12-14-19)24-26-25(28-27-24)33-16-23(30)29-20-9-5-6-10-22(20)32-15-21(29)17-7-3-2-4-8-17/h2-14,21H,15-16H2,1H3,(H,26,27,28). The minimum atomic E-state index is -0.198. The van der Waals surface area contributed by atoms with E-state index < -0.39 is 0 Å². The molecule has 0 bridgehead atoms. The van der Waals surface area contributed by atoms with Gasteiger partial charge < -0.3 is 9.47 Å². The molecule has 33 heavy (non-hydrogen) atoms. The number of anilines is 1. The number of carbonyl (C=O) groups is 1. The second-order valence-corrected chi connectivity index (χ2v) is 8.40. The summed E-state index contributed by atoms with van der Waals surface area (Å²) < 4.78 is 11.2. The number of benzene rings is 3.